The minimum Gasteiger partial charge on any atom is -0.444 e. The van der Waals surface area contributed by atoms with Gasteiger partial charge in [0.1, 0.15) is 6.10 Å². The van der Waals surface area contributed by atoms with E-state index in [0.29, 0.717) is 6.04 Å². The van der Waals surface area contributed by atoms with Gasteiger partial charge >= 0.3 is 6.09 Å². The molecule has 62 valence electrons. The fraction of sp³-hybridized carbons (Fsp3) is 0.875. The van der Waals surface area contributed by atoms with Gasteiger partial charge in [0.15, 0.2) is 0 Å². The second kappa shape index (κ2) is 2.40. The molecule has 0 aromatic carbocycles. The minimum absolute atomic E-state index is 0.0978. The molecule has 3 nitrogen and oxygen atoms in total. The van der Waals surface area contributed by atoms with Gasteiger partial charge in [-0.1, -0.05) is 6.92 Å². The van der Waals surface area contributed by atoms with Gasteiger partial charge < -0.3 is 9.64 Å². The van der Waals surface area contributed by atoms with Crippen molar-refractivity contribution in [3.05, 3.63) is 0 Å². The van der Waals surface area contributed by atoms with E-state index in [1.165, 1.54) is 12.8 Å². The zero-order chi connectivity index (χ0) is 7.84. The number of nitrogens with zero attached hydrogens (tertiary/aromatic N) is 1. The van der Waals surface area contributed by atoms with Gasteiger partial charge in [-0.05, 0) is 19.3 Å². The Labute approximate surface area is 66.3 Å². The number of cyclic esters (lactones) is 1. The van der Waals surface area contributed by atoms with Gasteiger partial charge in [-0.15, -0.1) is 0 Å². The molecule has 0 bridgehead atoms. The first-order chi connectivity index (χ1) is 5.31. The quantitative estimate of drug-likeness (QED) is 0.603. The molecule has 0 aromatic rings. The lowest BCUT2D eigenvalue weighted by molar-refractivity contribution is 0.130. The molecule has 2 aliphatic rings. The van der Waals surface area contributed by atoms with E-state index >= 15 is 0 Å². The maximum Gasteiger partial charge on any atom is 0.410 e. The summed E-state index contributed by atoms with van der Waals surface area (Å²) in [6, 6.07) is 0.513. The Morgan fingerprint density at radius 1 is 1.64 bits per heavy atom. The van der Waals surface area contributed by atoms with E-state index in [-0.39, 0.29) is 12.2 Å². The highest BCUT2D eigenvalue weighted by molar-refractivity contribution is 5.70. The van der Waals surface area contributed by atoms with Crippen LogP contribution >= 0.6 is 0 Å². The van der Waals surface area contributed by atoms with Crippen molar-refractivity contribution in [2.45, 2.75) is 38.3 Å². The summed E-state index contributed by atoms with van der Waals surface area (Å²) < 4.78 is 5.11. The van der Waals surface area contributed by atoms with Crippen LogP contribution in [0.4, 0.5) is 4.79 Å². The summed E-state index contributed by atoms with van der Waals surface area (Å²) in [6.07, 6.45) is 3.34. The van der Waals surface area contributed by atoms with Gasteiger partial charge in [0.2, 0.25) is 0 Å². The molecule has 1 aliphatic carbocycles. The van der Waals surface area contributed by atoms with E-state index in [9.17, 15) is 4.79 Å². The highest BCUT2D eigenvalue weighted by atomic mass is 16.6. The zero-order valence-corrected chi connectivity index (χ0v) is 6.75. The predicted octanol–water partition coefficient (Wildman–Crippen LogP) is 1.38. The largest absolute Gasteiger partial charge is 0.444 e. The molecule has 0 N–H and O–H groups in total. The SMILES string of the molecule is CC[C@H]1CN(C2CC2)C(=O)O1. The van der Waals surface area contributed by atoms with Crippen molar-refractivity contribution in [2.24, 2.45) is 0 Å². The highest BCUT2D eigenvalue weighted by Crippen LogP contribution is 2.30. The Kier molecular flexibility index (Phi) is 1.51. The van der Waals surface area contributed by atoms with Crippen LogP contribution in [0.25, 0.3) is 0 Å². The number of rotatable bonds is 2. The van der Waals surface area contributed by atoms with Crippen LogP contribution < -0.4 is 0 Å². The molecule has 0 spiro atoms. The van der Waals surface area contributed by atoms with Crippen LogP contribution in [-0.4, -0.2) is 29.7 Å². The molecule has 0 radical (unpaired) electrons. The lowest BCUT2D eigenvalue weighted by Crippen LogP contribution is -2.27. The molecule has 2 fully saturated rings. The zero-order valence-electron chi connectivity index (χ0n) is 6.75. The van der Waals surface area contributed by atoms with Crippen LogP contribution in [0.2, 0.25) is 0 Å². The second-order valence-electron chi connectivity index (χ2n) is 3.30. The van der Waals surface area contributed by atoms with Gasteiger partial charge in [0.25, 0.3) is 0 Å². The molecule has 1 saturated carbocycles. The van der Waals surface area contributed by atoms with Crippen molar-refractivity contribution >= 4 is 6.09 Å². The number of carbonyl (C=O) groups is 1. The smallest absolute Gasteiger partial charge is 0.410 e. The number of ether oxygens (including phenoxy) is 1. The third kappa shape index (κ3) is 1.19. The van der Waals surface area contributed by atoms with Gasteiger partial charge in [-0.25, -0.2) is 4.79 Å². The molecular weight excluding hydrogens is 142 g/mol. The van der Waals surface area contributed by atoms with Gasteiger partial charge in [0, 0.05) is 6.04 Å². The van der Waals surface area contributed by atoms with Crippen LogP contribution in [0.15, 0.2) is 0 Å². The van der Waals surface area contributed by atoms with Crippen molar-refractivity contribution in [2.75, 3.05) is 6.54 Å². The van der Waals surface area contributed by atoms with Crippen LogP contribution in [0.3, 0.4) is 0 Å². The summed E-state index contributed by atoms with van der Waals surface area (Å²) in [5, 5.41) is 0. The first kappa shape index (κ1) is 6.95. The summed E-state index contributed by atoms with van der Waals surface area (Å²) in [5.74, 6) is 0. The Morgan fingerprint density at radius 3 is 2.82 bits per heavy atom. The molecule has 0 unspecified atom stereocenters. The monoisotopic (exact) mass is 155 g/mol. The number of hydrogen-bond donors (Lipinski definition) is 0. The molecule has 1 aliphatic heterocycles. The van der Waals surface area contributed by atoms with Crippen molar-refractivity contribution in [1.29, 1.82) is 0 Å². The maximum absolute atomic E-state index is 11.1. The van der Waals surface area contributed by atoms with Crippen LogP contribution in [0, 0.1) is 0 Å². The molecule has 1 heterocycles. The fourth-order valence-corrected chi connectivity index (χ4v) is 1.44. The summed E-state index contributed by atoms with van der Waals surface area (Å²) >= 11 is 0. The van der Waals surface area contributed by atoms with E-state index in [4.69, 9.17) is 4.74 Å². The molecule has 3 heteroatoms. The van der Waals surface area contributed by atoms with E-state index in [2.05, 4.69) is 0 Å². The summed E-state index contributed by atoms with van der Waals surface area (Å²) in [7, 11) is 0. The number of amides is 1. The highest BCUT2D eigenvalue weighted by Gasteiger charge is 2.40. The number of hydrogen-bond acceptors (Lipinski definition) is 2. The minimum atomic E-state index is -0.0978. The lowest BCUT2D eigenvalue weighted by Gasteiger charge is -2.09. The van der Waals surface area contributed by atoms with Crippen molar-refractivity contribution < 1.29 is 9.53 Å². The van der Waals surface area contributed by atoms with E-state index in [0.717, 1.165) is 13.0 Å². The lowest BCUT2D eigenvalue weighted by atomic mass is 10.3. The standard InChI is InChI=1S/C8H13NO2/c1-2-7-5-9(6-3-4-6)8(10)11-7/h6-7H,2-5H2,1H3/t7-/m0/s1. The maximum atomic E-state index is 11.1. The molecule has 1 saturated heterocycles. The molecule has 2 rings (SSSR count). The normalized spacial score (nSPS) is 30.8. The Hall–Kier alpha value is -0.730. The van der Waals surface area contributed by atoms with E-state index in [1.54, 1.807) is 0 Å². The van der Waals surface area contributed by atoms with E-state index < -0.39 is 0 Å². The summed E-state index contributed by atoms with van der Waals surface area (Å²) in [6.45, 7) is 2.87. The molecule has 1 atom stereocenters. The summed E-state index contributed by atoms with van der Waals surface area (Å²) in [5.41, 5.74) is 0. The summed E-state index contributed by atoms with van der Waals surface area (Å²) in [4.78, 5) is 13.0. The van der Waals surface area contributed by atoms with Crippen molar-refractivity contribution in [3.63, 3.8) is 0 Å². The van der Waals surface area contributed by atoms with Gasteiger partial charge in [-0.3, -0.25) is 0 Å². The molecule has 1 amide bonds. The average Bonchev–Trinajstić information content (AvgIpc) is 2.76. The Balaban J connectivity index is 1.96. The van der Waals surface area contributed by atoms with Crippen LogP contribution in [0.5, 0.6) is 0 Å². The topological polar surface area (TPSA) is 29.5 Å². The van der Waals surface area contributed by atoms with Crippen LogP contribution in [0.1, 0.15) is 26.2 Å². The Bertz CT molecular complexity index is 177. The predicted molar refractivity (Wildman–Crippen MR) is 40.3 cm³/mol. The van der Waals surface area contributed by atoms with E-state index in [1.807, 2.05) is 11.8 Å². The first-order valence-corrected chi connectivity index (χ1v) is 4.28. The van der Waals surface area contributed by atoms with Crippen molar-refractivity contribution in [1.82, 2.24) is 4.90 Å². The van der Waals surface area contributed by atoms with Crippen LogP contribution in [-0.2, 0) is 4.74 Å². The Morgan fingerprint density at radius 2 is 2.36 bits per heavy atom. The molecule has 11 heavy (non-hydrogen) atoms. The third-order valence-electron chi connectivity index (χ3n) is 2.35. The average molecular weight is 155 g/mol. The molecular formula is C8H13NO2. The third-order valence-corrected chi connectivity index (χ3v) is 2.35. The van der Waals surface area contributed by atoms with Gasteiger partial charge in [0.05, 0.1) is 6.54 Å². The fourth-order valence-electron chi connectivity index (χ4n) is 1.44. The number of carbonyl (C=O) groups excluding carboxylic acids is 1. The van der Waals surface area contributed by atoms with Crippen molar-refractivity contribution in [3.8, 4) is 0 Å². The first-order valence-electron chi connectivity index (χ1n) is 4.28. The molecule has 0 aromatic heterocycles. The van der Waals surface area contributed by atoms with Gasteiger partial charge in [-0.2, -0.15) is 0 Å². The second-order valence-corrected chi connectivity index (χ2v) is 3.30.